The predicted molar refractivity (Wildman–Crippen MR) is 120 cm³/mol. The second-order valence-corrected chi connectivity index (χ2v) is 13.2. The minimum absolute atomic E-state index is 0. The van der Waals surface area contributed by atoms with Crippen LogP contribution >= 0.6 is 0 Å². The zero-order chi connectivity index (χ0) is 24.9. The summed E-state index contributed by atoms with van der Waals surface area (Å²) < 4.78 is 11.2. The Balaban J connectivity index is -0.000000156. The van der Waals surface area contributed by atoms with Crippen molar-refractivity contribution in [3.63, 3.8) is 0 Å². The van der Waals surface area contributed by atoms with Gasteiger partial charge in [0.2, 0.25) is 0 Å². The molecule has 0 rings (SSSR count). The maximum Gasteiger partial charge on any atom is 0.407 e. The first-order valence-corrected chi connectivity index (χ1v) is 12.4. The van der Waals surface area contributed by atoms with E-state index in [0.29, 0.717) is 19.7 Å². The molecule has 10 nitrogen and oxygen atoms in total. The van der Waals surface area contributed by atoms with Crippen LogP contribution in [0.5, 0.6) is 0 Å². The van der Waals surface area contributed by atoms with Gasteiger partial charge in [-0.05, 0) is 58.3 Å². The first-order chi connectivity index (χ1) is 13.6. The standard InChI is InChI=1S/C14H31NO3Si.C3H9NO.2CO2.CH4/c1-13(2,3)18-12(16)15-10-9-11-17-19(7,8)14(4,5)6;4-2-1-3-5;2*2-1-3;/h9-11H2,1-8H3,(H,15,16);5H,1-4H2;;;1H4. The van der Waals surface area contributed by atoms with Gasteiger partial charge in [-0.15, -0.1) is 0 Å². The van der Waals surface area contributed by atoms with Gasteiger partial charge in [0, 0.05) is 19.8 Å². The number of hydrogen-bond acceptors (Lipinski definition) is 9. The lowest BCUT2D eigenvalue weighted by atomic mass is 10.2. The van der Waals surface area contributed by atoms with E-state index < -0.39 is 13.9 Å². The Bertz CT molecular complexity index is 474. The van der Waals surface area contributed by atoms with Crippen LogP contribution in [0.25, 0.3) is 0 Å². The summed E-state index contributed by atoms with van der Waals surface area (Å²) in [6.45, 7) is 18.8. The molecule has 186 valence electrons. The molecule has 0 saturated carbocycles. The van der Waals surface area contributed by atoms with Crippen molar-refractivity contribution in [1.82, 2.24) is 5.32 Å². The highest BCUT2D eigenvalue weighted by Crippen LogP contribution is 2.36. The van der Waals surface area contributed by atoms with Crippen molar-refractivity contribution in [1.29, 1.82) is 0 Å². The number of amides is 1. The van der Waals surface area contributed by atoms with Gasteiger partial charge in [-0.25, -0.2) is 4.79 Å². The molecule has 31 heavy (non-hydrogen) atoms. The van der Waals surface area contributed by atoms with Crippen molar-refractivity contribution in [2.75, 3.05) is 26.3 Å². The van der Waals surface area contributed by atoms with Gasteiger partial charge < -0.3 is 25.3 Å². The predicted octanol–water partition coefficient (Wildman–Crippen LogP) is 2.72. The molecular formula is C20H44N2O8Si. The average molecular weight is 469 g/mol. The Labute approximate surface area is 188 Å². The monoisotopic (exact) mass is 468 g/mol. The second-order valence-electron chi connectivity index (χ2n) is 8.42. The van der Waals surface area contributed by atoms with Crippen LogP contribution in [0.3, 0.4) is 0 Å². The third-order valence-electron chi connectivity index (χ3n) is 3.62. The Morgan fingerprint density at radius 3 is 1.68 bits per heavy atom. The maximum absolute atomic E-state index is 11.4. The van der Waals surface area contributed by atoms with Gasteiger partial charge >= 0.3 is 18.4 Å². The number of ether oxygens (including phenoxy) is 1. The number of aliphatic hydroxyl groups is 1. The number of nitrogens with one attached hydrogen (secondary N) is 1. The zero-order valence-electron chi connectivity index (χ0n) is 19.6. The SMILES string of the molecule is C.CC(C)(C)OC(=O)NCCCO[Si](C)(C)C(C)(C)C.NCCCO.O=C=O.O=C=O. The van der Waals surface area contributed by atoms with E-state index in [4.69, 9.17) is 39.2 Å². The molecule has 0 aromatic carbocycles. The molecule has 4 N–H and O–H groups in total. The lowest BCUT2D eigenvalue weighted by Crippen LogP contribution is -2.41. The van der Waals surface area contributed by atoms with Crippen molar-refractivity contribution in [2.24, 2.45) is 5.73 Å². The average Bonchev–Trinajstić information content (AvgIpc) is 2.54. The molecule has 0 aliphatic carbocycles. The number of rotatable bonds is 7. The molecule has 0 unspecified atom stereocenters. The molecule has 0 fully saturated rings. The molecule has 0 spiro atoms. The van der Waals surface area contributed by atoms with Crippen LogP contribution in [-0.2, 0) is 28.3 Å². The number of carbonyl (C=O) groups excluding carboxylic acids is 5. The summed E-state index contributed by atoms with van der Waals surface area (Å²) in [7, 11) is -1.66. The minimum atomic E-state index is -1.66. The van der Waals surface area contributed by atoms with E-state index in [2.05, 4.69) is 39.2 Å². The number of alkyl carbamates (subject to hydrolysis) is 1. The highest BCUT2D eigenvalue weighted by Gasteiger charge is 2.36. The molecule has 0 aliphatic rings. The highest BCUT2D eigenvalue weighted by atomic mass is 28.4. The third kappa shape index (κ3) is 35.9. The Morgan fingerprint density at radius 2 is 1.42 bits per heavy atom. The number of aliphatic hydroxyl groups excluding tert-OH is 1. The smallest absolute Gasteiger partial charge is 0.407 e. The van der Waals surface area contributed by atoms with Gasteiger partial charge in [-0.3, -0.25) is 0 Å². The molecule has 11 heteroatoms. The molecule has 1 amide bonds. The molecule has 0 saturated heterocycles. The summed E-state index contributed by atoms with van der Waals surface area (Å²) in [6, 6.07) is 0. The Hall–Kier alpha value is -1.87. The molecular weight excluding hydrogens is 424 g/mol. The van der Waals surface area contributed by atoms with Gasteiger partial charge in [0.1, 0.15) is 5.60 Å². The normalized spacial score (nSPS) is 10.0. The molecule has 0 atom stereocenters. The van der Waals surface area contributed by atoms with Crippen LogP contribution in [0.1, 0.15) is 61.8 Å². The van der Waals surface area contributed by atoms with Crippen molar-refractivity contribution < 1.29 is 38.2 Å². The van der Waals surface area contributed by atoms with Crippen LogP contribution in [0.4, 0.5) is 4.79 Å². The highest BCUT2D eigenvalue weighted by molar-refractivity contribution is 6.74. The largest absolute Gasteiger partial charge is 0.444 e. The fraction of sp³-hybridized carbons (Fsp3) is 0.850. The van der Waals surface area contributed by atoms with E-state index in [-0.39, 0.29) is 37.5 Å². The topological polar surface area (TPSA) is 162 Å². The van der Waals surface area contributed by atoms with E-state index in [0.717, 1.165) is 12.8 Å². The van der Waals surface area contributed by atoms with Gasteiger partial charge in [0.15, 0.2) is 8.32 Å². The van der Waals surface area contributed by atoms with Crippen LogP contribution in [0.15, 0.2) is 0 Å². The van der Waals surface area contributed by atoms with Crippen molar-refractivity contribution in [3.8, 4) is 0 Å². The van der Waals surface area contributed by atoms with Crippen LogP contribution in [0.2, 0.25) is 18.1 Å². The van der Waals surface area contributed by atoms with E-state index in [1.807, 2.05) is 20.8 Å². The van der Waals surface area contributed by atoms with Crippen molar-refractivity contribution in [3.05, 3.63) is 0 Å². The molecule has 0 aromatic rings. The number of hydrogen-bond donors (Lipinski definition) is 3. The van der Waals surface area contributed by atoms with Gasteiger partial charge in [0.25, 0.3) is 0 Å². The third-order valence-corrected chi connectivity index (χ3v) is 8.16. The fourth-order valence-electron chi connectivity index (χ4n) is 1.21. The molecule has 0 aliphatic heterocycles. The van der Waals surface area contributed by atoms with Gasteiger partial charge in [-0.2, -0.15) is 19.2 Å². The van der Waals surface area contributed by atoms with Crippen LogP contribution in [-0.4, -0.2) is 63.7 Å². The summed E-state index contributed by atoms with van der Waals surface area (Å²) >= 11 is 0. The molecule has 0 aromatic heterocycles. The van der Waals surface area contributed by atoms with Crippen molar-refractivity contribution >= 4 is 26.7 Å². The molecule has 0 radical (unpaired) electrons. The molecule has 0 heterocycles. The first kappa shape index (κ1) is 39.6. The minimum Gasteiger partial charge on any atom is -0.444 e. The summed E-state index contributed by atoms with van der Waals surface area (Å²) in [6.07, 6.45) is 1.67. The summed E-state index contributed by atoms with van der Waals surface area (Å²) in [5, 5.41) is 11.0. The summed E-state index contributed by atoms with van der Waals surface area (Å²) in [5.74, 6) is 0. The first-order valence-electron chi connectivity index (χ1n) is 9.50. The second kappa shape index (κ2) is 22.8. The maximum atomic E-state index is 11.4. The van der Waals surface area contributed by atoms with Gasteiger partial charge in [0.05, 0.1) is 0 Å². The van der Waals surface area contributed by atoms with E-state index in [1.54, 1.807) is 0 Å². The Kier molecular flexibility index (Phi) is 29.1. The van der Waals surface area contributed by atoms with Crippen LogP contribution < -0.4 is 11.1 Å². The zero-order valence-corrected chi connectivity index (χ0v) is 20.6. The lowest BCUT2D eigenvalue weighted by Gasteiger charge is -2.36. The van der Waals surface area contributed by atoms with E-state index in [9.17, 15) is 4.79 Å². The van der Waals surface area contributed by atoms with Crippen molar-refractivity contribution in [2.45, 2.75) is 85.5 Å². The van der Waals surface area contributed by atoms with Gasteiger partial charge in [-0.1, -0.05) is 28.2 Å². The quantitative estimate of drug-likeness (QED) is 0.376. The number of carbonyl (C=O) groups is 1. The molecule has 0 bridgehead atoms. The van der Waals surface area contributed by atoms with E-state index >= 15 is 0 Å². The summed E-state index contributed by atoms with van der Waals surface area (Å²) in [5.41, 5.74) is 4.54. The summed E-state index contributed by atoms with van der Waals surface area (Å²) in [4.78, 5) is 43.9. The Morgan fingerprint density at radius 1 is 1.00 bits per heavy atom. The fourth-order valence-corrected chi connectivity index (χ4v) is 2.30. The van der Waals surface area contributed by atoms with Crippen LogP contribution in [0, 0.1) is 0 Å². The lowest BCUT2D eigenvalue weighted by molar-refractivity contribution is -0.193. The number of nitrogens with two attached hydrogens (primary N) is 1. The van der Waals surface area contributed by atoms with E-state index in [1.165, 1.54) is 0 Å².